The van der Waals surface area contributed by atoms with E-state index in [0.717, 1.165) is 6.26 Å². The highest BCUT2D eigenvalue weighted by Gasteiger charge is 2.12. The molecule has 2 aromatic carbocycles. The molecule has 1 amide bonds. The van der Waals surface area contributed by atoms with Crippen molar-refractivity contribution in [2.75, 3.05) is 11.0 Å². The normalized spacial score (nSPS) is 11.9. The highest BCUT2D eigenvalue weighted by atomic mass is 35.5. The van der Waals surface area contributed by atoms with Gasteiger partial charge in [0.05, 0.1) is 11.8 Å². The highest BCUT2D eigenvalue weighted by molar-refractivity contribution is 7.92. The summed E-state index contributed by atoms with van der Waals surface area (Å²) in [5.74, 6) is -0.877. The van der Waals surface area contributed by atoms with Gasteiger partial charge in [-0.2, -0.15) is 0 Å². The summed E-state index contributed by atoms with van der Waals surface area (Å²) < 4.78 is 24.6. The molecular formula is C16H13ClN4O4S. The number of hydrogen-bond acceptors (Lipinski definition) is 5. The van der Waals surface area contributed by atoms with E-state index in [2.05, 4.69) is 19.9 Å². The third-order valence-electron chi connectivity index (χ3n) is 3.39. The number of azo groups is 1. The van der Waals surface area contributed by atoms with Crippen molar-refractivity contribution >= 4 is 49.8 Å². The van der Waals surface area contributed by atoms with Crippen molar-refractivity contribution in [2.24, 2.45) is 10.2 Å². The molecule has 3 aromatic rings. The molecule has 8 nitrogen and oxygen atoms in total. The lowest BCUT2D eigenvalue weighted by molar-refractivity contribution is 0.0995. The lowest BCUT2D eigenvalue weighted by atomic mass is 10.2. The van der Waals surface area contributed by atoms with E-state index in [9.17, 15) is 18.3 Å². The number of hydrogen-bond donors (Lipinski definition) is 3. The number of benzene rings is 2. The van der Waals surface area contributed by atoms with Crippen LogP contribution in [0.25, 0.3) is 10.9 Å². The molecule has 26 heavy (non-hydrogen) atoms. The van der Waals surface area contributed by atoms with Crippen LogP contribution in [0.1, 0.15) is 10.4 Å². The van der Waals surface area contributed by atoms with Crippen molar-refractivity contribution in [3.8, 4) is 5.88 Å². The number of aromatic amines is 1. The minimum Gasteiger partial charge on any atom is -0.493 e. The molecular weight excluding hydrogens is 380 g/mol. The number of halogens is 1. The summed E-state index contributed by atoms with van der Waals surface area (Å²) >= 11 is 5.94. The second kappa shape index (κ2) is 6.77. The van der Waals surface area contributed by atoms with Crippen LogP contribution in [-0.2, 0) is 10.0 Å². The number of nitrogens with one attached hydrogen (secondary N) is 2. The summed E-state index contributed by atoms with van der Waals surface area (Å²) in [4.78, 5) is 14.8. The molecule has 1 heterocycles. The predicted molar refractivity (Wildman–Crippen MR) is 98.7 cm³/mol. The number of aromatic hydroxyl groups is 1. The smallest absolute Gasteiger partial charge is 0.295 e. The number of H-pyrrole nitrogens is 1. The molecule has 0 aliphatic rings. The zero-order valence-electron chi connectivity index (χ0n) is 13.4. The Morgan fingerprint density at radius 3 is 2.54 bits per heavy atom. The van der Waals surface area contributed by atoms with Crippen LogP contribution in [0, 0.1) is 0 Å². The first-order valence-corrected chi connectivity index (χ1v) is 9.54. The second-order valence-corrected chi connectivity index (χ2v) is 7.65. The van der Waals surface area contributed by atoms with Gasteiger partial charge in [-0.05, 0) is 42.5 Å². The first kappa shape index (κ1) is 17.9. The van der Waals surface area contributed by atoms with Crippen LogP contribution in [0.5, 0.6) is 5.88 Å². The molecule has 0 bridgehead atoms. The molecule has 0 saturated carbocycles. The Bertz CT molecular complexity index is 1120. The fourth-order valence-electron chi connectivity index (χ4n) is 2.29. The van der Waals surface area contributed by atoms with Crippen molar-refractivity contribution in [3.63, 3.8) is 0 Å². The fraction of sp³-hybridized carbons (Fsp3) is 0.0625. The van der Waals surface area contributed by atoms with Crippen molar-refractivity contribution in [1.82, 2.24) is 4.98 Å². The van der Waals surface area contributed by atoms with Gasteiger partial charge in [0, 0.05) is 21.7 Å². The van der Waals surface area contributed by atoms with Gasteiger partial charge in [0.25, 0.3) is 5.91 Å². The van der Waals surface area contributed by atoms with E-state index in [1.54, 1.807) is 18.2 Å². The average Bonchev–Trinajstić information content (AvgIpc) is 2.86. The minimum absolute atomic E-state index is 0.103. The number of rotatable bonds is 4. The van der Waals surface area contributed by atoms with Gasteiger partial charge >= 0.3 is 0 Å². The summed E-state index contributed by atoms with van der Waals surface area (Å²) in [7, 11) is -3.40. The van der Waals surface area contributed by atoms with Gasteiger partial charge < -0.3 is 10.1 Å². The molecule has 1 aromatic heterocycles. The molecule has 0 fully saturated rings. The number of anilines is 1. The van der Waals surface area contributed by atoms with Gasteiger partial charge in [0.15, 0.2) is 5.69 Å². The van der Waals surface area contributed by atoms with Crippen LogP contribution in [0.3, 0.4) is 0 Å². The summed E-state index contributed by atoms with van der Waals surface area (Å²) in [5, 5.41) is 18.3. The summed E-state index contributed by atoms with van der Waals surface area (Å²) in [6.07, 6.45) is 1.03. The molecule has 0 spiro atoms. The molecule has 3 N–H and O–H groups in total. The molecule has 0 aliphatic heterocycles. The van der Waals surface area contributed by atoms with Crippen molar-refractivity contribution in [3.05, 3.63) is 53.1 Å². The third-order valence-corrected chi connectivity index (χ3v) is 4.23. The van der Waals surface area contributed by atoms with Gasteiger partial charge in [-0.1, -0.05) is 11.6 Å². The number of sulfonamides is 1. The Kier molecular flexibility index (Phi) is 4.66. The van der Waals surface area contributed by atoms with Crippen LogP contribution in [0.4, 0.5) is 11.4 Å². The SMILES string of the molecule is CS(=O)(=O)Nc1ccc(C(=O)N=Nc2c(O)[nH]c3ccc(Cl)cc23)cc1. The summed E-state index contributed by atoms with van der Waals surface area (Å²) in [6, 6.07) is 10.6. The highest BCUT2D eigenvalue weighted by Crippen LogP contribution is 2.36. The van der Waals surface area contributed by atoms with Crippen LogP contribution in [0.2, 0.25) is 5.02 Å². The van der Waals surface area contributed by atoms with E-state index in [1.165, 1.54) is 24.3 Å². The number of carbonyl (C=O) groups excluding carboxylic acids is 1. The van der Waals surface area contributed by atoms with E-state index < -0.39 is 15.9 Å². The number of amides is 1. The summed E-state index contributed by atoms with van der Waals surface area (Å²) in [5.41, 5.74) is 1.24. The van der Waals surface area contributed by atoms with Crippen molar-refractivity contribution in [2.45, 2.75) is 0 Å². The van der Waals surface area contributed by atoms with Crippen molar-refractivity contribution in [1.29, 1.82) is 0 Å². The van der Waals surface area contributed by atoms with Crippen LogP contribution >= 0.6 is 11.6 Å². The Morgan fingerprint density at radius 2 is 1.88 bits per heavy atom. The number of nitrogens with zero attached hydrogens (tertiary/aromatic N) is 2. The van der Waals surface area contributed by atoms with Gasteiger partial charge in [0.1, 0.15) is 0 Å². The van der Waals surface area contributed by atoms with Crippen LogP contribution < -0.4 is 4.72 Å². The first-order valence-electron chi connectivity index (χ1n) is 7.27. The van der Waals surface area contributed by atoms with Gasteiger partial charge in [-0.3, -0.25) is 9.52 Å². The Labute approximate surface area is 153 Å². The van der Waals surface area contributed by atoms with Gasteiger partial charge in [-0.15, -0.1) is 10.2 Å². The molecule has 0 radical (unpaired) electrons. The molecule has 10 heteroatoms. The lowest BCUT2D eigenvalue weighted by Gasteiger charge is -2.03. The molecule has 3 rings (SSSR count). The predicted octanol–water partition coefficient (Wildman–Crippen LogP) is 3.82. The largest absolute Gasteiger partial charge is 0.493 e. The van der Waals surface area contributed by atoms with E-state index in [4.69, 9.17) is 11.6 Å². The Hall–Kier alpha value is -2.91. The number of fused-ring (bicyclic) bond motifs is 1. The zero-order chi connectivity index (χ0) is 18.9. The lowest BCUT2D eigenvalue weighted by Crippen LogP contribution is -2.09. The molecule has 0 unspecified atom stereocenters. The molecule has 0 saturated heterocycles. The topological polar surface area (TPSA) is 124 Å². The maximum atomic E-state index is 12.1. The maximum Gasteiger partial charge on any atom is 0.295 e. The maximum absolute atomic E-state index is 12.1. The number of carbonyl (C=O) groups is 1. The van der Waals surface area contributed by atoms with Gasteiger partial charge in [0.2, 0.25) is 15.9 Å². The molecule has 0 atom stereocenters. The van der Waals surface area contributed by atoms with Crippen molar-refractivity contribution < 1.29 is 18.3 Å². The average molecular weight is 393 g/mol. The van der Waals surface area contributed by atoms with E-state index in [0.29, 0.717) is 21.6 Å². The van der Waals surface area contributed by atoms with E-state index >= 15 is 0 Å². The fourth-order valence-corrected chi connectivity index (χ4v) is 3.02. The van der Waals surface area contributed by atoms with E-state index in [-0.39, 0.29) is 17.1 Å². The standard InChI is InChI=1S/C16H13ClN4O4S/c1-26(24,25)21-11-5-2-9(3-6-11)15(22)20-19-14-12-8-10(17)4-7-13(12)18-16(14)23/h2-8,18,21,23H,1H3. The summed E-state index contributed by atoms with van der Waals surface area (Å²) in [6.45, 7) is 0. The van der Waals surface area contributed by atoms with Gasteiger partial charge in [-0.25, -0.2) is 8.42 Å². The third kappa shape index (κ3) is 4.01. The first-order chi connectivity index (χ1) is 12.2. The number of aromatic nitrogens is 1. The second-order valence-electron chi connectivity index (χ2n) is 5.47. The van der Waals surface area contributed by atoms with Crippen LogP contribution in [0.15, 0.2) is 52.7 Å². The minimum atomic E-state index is -3.40. The van der Waals surface area contributed by atoms with Crippen LogP contribution in [-0.4, -0.2) is 30.7 Å². The Balaban J connectivity index is 1.84. The Morgan fingerprint density at radius 1 is 1.19 bits per heavy atom. The quantitative estimate of drug-likeness (QED) is 0.583. The molecule has 134 valence electrons. The molecule has 0 aliphatic carbocycles. The zero-order valence-corrected chi connectivity index (χ0v) is 15.0. The monoisotopic (exact) mass is 392 g/mol. The van der Waals surface area contributed by atoms with E-state index in [1.807, 2.05) is 0 Å².